The van der Waals surface area contributed by atoms with Crippen molar-refractivity contribution in [1.29, 1.82) is 0 Å². The van der Waals surface area contributed by atoms with Crippen LogP contribution in [0.2, 0.25) is 0 Å². The predicted octanol–water partition coefficient (Wildman–Crippen LogP) is 2.42. The lowest BCUT2D eigenvalue weighted by Crippen LogP contribution is -2.41. The van der Waals surface area contributed by atoms with Gasteiger partial charge < -0.3 is 19.9 Å². The second-order valence-corrected chi connectivity index (χ2v) is 6.29. The number of nitrogens with two attached hydrogens (primary N) is 1. The Bertz CT molecular complexity index is 876. The molecule has 1 aromatic heterocycles. The molecule has 6 heteroatoms. The second-order valence-electron chi connectivity index (χ2n) is 6.29. The average Bonchev–Trinajstić information content (AvgIpc) is 3.03. The maximum atomic E-state index is 12.7. The van der Waals surface area contributed by atoms with Gasteiger partial charge in [0.25, 0.3) is 0 Å². The van der Waals surface area contributed by atoms with Gasteiger partial charge in [0.2, 0.25) is 5.91 Å². The number of hydrogen-bond donors (Lipinski definition) is 1. The van der Waals surface area contributed by atoms with Crippen LogP contribution in [0.5, 0.6) is 5.75 Å². The number of benzene rings is 2. The molecule has 0 aliphatic rings. The first-order chi connectivity index (χ1) is 12.6. The molecule has 1 heterocycles. The Kier molecular flexibility index (Phi) is 5.53. The van der Waals surface area contributed by atoms with Crippen LogP contribution >= 0.6 is 0 Å². The lowest BCUT2D eigenvalue weighted by atomic mass is 10.3. The fourth-order valence-electron chi connectivity index (χ4n) is 2.73. The van der Waals surface area contributed by atoms with E-state index in [1.807, 2.05) is 66.1 Å². The first-order valence-electron chi connectivity index (χ1n) is 8.68. The van der Waals surface area contributed by atoms with Gasteiger partial charge in [-0.05, 0) is 31.2 Å². The van der Waals surface area contributed by atoms with E-state index in [-0.39, 0.29) is 18.5 Å². The molecule has 0 aliphatic carbocycles. The summed E-state index contributed by atoms with van der Waals surface area (Å²) in [6.07, 6.45) is 0. The zero-order chi connectivity index (χ0) is 18.5. The molecule has 0 bridgehead atoms. The van der Waals surface area contributed by atoms with Gasteiger partial charge in [-0.3, -0.25) is 4.79 Å². The molecule has 6 nitrogen and oxygen atoms in total. The molecule has 0 fully saturated rings. The van der Waals surface area contributed by atoms with Crippen molar-refractivity contribution in [2.45, 2.75) is 26.1 Å². The summed E-state index contributed by atoms with van der Waals surface area (Å²) in [5, 5.41) is 0. The van der Waals surface area contributed by atoms with E-state index < -0.39 is 0 Å². The molecule has 1 atom stereocenters. The summed E-state index contributed by atoms with van der Waals surface area (Å²) in [4.78, 5) is 19.0. The van der Waals surface area contributed by atoms with Gasteiger partial charge in [-0.2, -0.15) is 0 Å². The Labute approximate surface area is 153 Å². The fraction of sp³-hybridized carbons (Fsp3) is 0.300. The summed E-state index contributed by atoms with van der Waals surface area (Å²) in [5.74, 6) is 1.48. The summed E-state index contributed by atoms with van der Waals surface area (Å²) < 4.78 is 7.76. The number of imidazole rings is 1. The van der Waals surface area contributed by atoms with E-state index in [0.717, 1.165) is 22.6 Å². The Morgan fingerprint density at radius 3 is 2.62 bits per heavy atom. The molecule has 1 unspecified atom stereocenters. The summed E-state index contributed by atoms with van der Waals surface area (Å²) in [6, 6.07) is 17.4. The summed E-state index contributed by atoms with van der Waals surface area (Å²) in [5.41, 5.74) is 7.45. The Morgan fingerprint density at radius 1 is 1.19 bits per heavy atom. The van der Waals surface area contributed by atoms with E-state index in [1.165, 1.54) is 0 Å². The van der Waals surface area contributed by atoms with Crippen molar-refractivity contribution in [2.75, 3.05) is 13.6 Å². The molecule has 3 aromatic rings. The maximum absolute atomic E-state index is 12.7. The van der Waals surface area contributed by atoms with Crippen LogP contribution in [-0.4, -0.2) is 40.0 Å². The van der Waals surface area contributed by atoms with Crippen LogP contribution in [0.25, 0.3) is 11.0 Å². The van der Waals surface area contributed by atoms with Crippen molar-refractivity contribution in [1.82, 2.24) is 14.5 Å². The van der Waals surface area contributed by atoms with Crippen LogP contribution in [0.3, 0.4) is 0 Å². The molecule has 3 rings (SSSR count). The van der Waals surface area contributed by atoms with E-state index >= 15 is 0 Å². The minimum Gasteiger partial charge on any atom is -0.486 e. The molecule has 0 aliphatic heterocycles. The molecule has 0 radical (unpaired) electrons. The number of fused-ring (bicyclic) bond motifs is 1. The minimum atomic E-state index is -0.0127. The third-order valence-electron chi connectivity index (χ3n) is 4.53. The van der Waals surface area contributed by atoms with Crippen LogP contribution in [0.4, 0.5) is 0 Å². The molecule has 136 valence electrons. The molecule has 2 aromatic carbocycles. The highest BCUT2D eigenvalue weighted by Crippen LogP contribution is 2.18. The third kappa shape index (κ3) is 3.86. The number of carbonyl (C=O) groups is 1. The average molecular weight is 352 g/mol. The van der Waals surface area contributed by atoms with Crippen molar-refractivity contribution in [2.24, 2.45) is 5.73 Å². The summed E-state index contributed by atoms with van der Waals surface area (Å²) in [7, 11) is 1.78. The van der Waals surface area contributed by atoms with Gasteiger partial charge in [0.1, 0.15) is 24.7 Å². The summed E-state index contributed by atoms with van der Waals surface area (Å²) in [6.45, 7) is 2.86. The lowest BCUT2D eigenvalue weighted by molar-refractivity contribution is -0.132. The molecular formula is C20H24N4O2. The van der Waals surface area contributed by atoms with Gasteiger partial charge in [-0.1, -0.05) is 30.3 Å². The van der Waals surface area contributed by atoms with Crippen LogP contribution in [0.15, 0.2) is 54.6 Å². The van der Waals surface area contributed by atoms with Gasteiger partial charge in [-0.25, -0.2) is 4.98 Å². The van der Waals surface area contributed by atoms with Crippen molar-refractivity contribution in [3.05, 3.63) is 60.4 Å². The molecule has 0 saturated heterocycles. The van der Waals surface area contributed by atoms with E-state index in [0.29, 0.717) is 13.2 Å². The second kappa shape index (κ2) is 8.01. The quantitative estimate of drug-likeness (QED) is 0.709. The third-order valence-corrected chi connectivity index (χ3v) is 4.53. The summed E-state index contributed by atoms with van der Waals surface area (Å²) >= 11 is 0. The minimum absolute atomic E-state index is 0.00735. The number of rotatable bonds is 7. The fourth-order valence-corrected chi connectivity index (χ4v) is 2.73. The number of nitrogens with zero attached hydrogens (tertiary/aromatic N) is 3. The highest BCUT2D eigenvalue weighted by molar-refractivity contribution is 5.81. The predicted molar refractivity (Wildman–Crippen MR) is 102 cm³/mol. The first kappa shape index (κ1) is 17.9. The van der Waals surface area contributed by atoms with Crippen LogP contribution < -0.4 is 10.5 Å². The highest BCUT2D eigenvalue weighted by Gasteiger charge is 2.19. The van der Waals surface area contributed by atoms with Crippen LogP contribution in [0.1, 0.15) is 12.7 Å². The zero-order valence-electron chi connectivity index (χ0n) is 15.1. The van der Waals surface area contributed by atoms with Crippen molar-refractivity contribution in [3.63, 3.8) is 0 Å². The van der Waals surface area contributed by atoms with Crippen molar-refractivity contribution < 1.29 is 9.53 Å². The number of para-hydroxylation sites is 3. The number of likely N-dealkylation sites (N-methyl/N-ethyl adjacent to an activating group) is 1. The lowest BCUT2D eigenvalue weighted by Gasteiger charge is -2.24. The number of carbonyl (C=O) groups excluding carboxylic acids is 1. The van der Waals surface area contributed by atoms with E-state index in [9.17, 15) is 4.79 Å². The number of aromatic nitrogens is 2. The van der Waals surface area contributed by atoms with Gasteiger partial charge in [-0.15, -0.1) is 0 Å². The van der Waals surface area contributed by atoms with E-state index in [1.54, 1.807) is 11.9 Å². The molecule has 0 spiro atoms. The number of amides is 1. The topological polar surface area (TPSA) is 73.4 Å². The molecule has 26 heavy (non-hydrogen) atoms. The SMILES string of the molecule is CC(CN)N(C)C(=O)Cn1c(COc2ccccc2)nc2ccccc21. The molecule has 0 saturated carbocycles. The number of ether oxygens (including phenoxy) is 1. The molecule has 2 N–H and O–H groups in total. The monoisotopic (exact) mass is 352 g/mol. The zero-order valence-corrected chi connectivity index (χ0v) is 15.1. The van der Waals surface area contributed by atoms with E-state index in [2.05, 4.69) is 4.98 Å². The Hall–Kier alpha value is -2.86. The molecule has 1 amide bonds. The number of hydrogen-bond acceptors (Lipinski definition) is 4. The Balaban J connectivity index is 1.86. The smallest absolute Gasteiger partial charge is 0.242 e. The maximum Gasteiger partial charge on any atom is 0.242 e. The first-order valence-corrected chi connectivity index (χ1v) is 8.68. The van der Waals surface area contributed by atoms with Gasteiger partial charge in [0.05, 0.1) is 11.0 Å². The van der Waals surface area contributed by atoms with Gasteiger partial charge >= 0.3 is 0 Å². The van der Waals surface area contributed by atoms with E-state index in [4.69, 9.17) is 10.5 Å². The van der Waals surface area contributed by atoms with Crippen molar-refractivity contribution >= 4 is 16.9 Å². The largest absolute Gasteiger partial charge is 0.486 e. The normalized spacial score (nSPS) is 12.1. The highest BCUT2D eigenvalue weighted by atomic mass is 16.5. The van der Waals surface area contributed by atoms with Crippen molar-refractivity contribution in [3.8, 4) is 5.75 Å². The van der Waals surface area contributed by atoms with Gasteiger partial charge in [0.15, 0.2) is 0 Å². The Morgan fingerprint density at radius 2 is 1.88 bits per heavy atom. The van der Waals surface area contributed by atoms with Crippen LogP contribution in [0, 0.1) is 0 Å². The van der Waals surface area contributed by atoms with Gasteiger partial charge in [0, 0.05) is 19.6 Å². The standard InChI is InChI=1S/C20H24N4O2/c1-15(12-21)23(2)20(25)13-24-18-11-7-6-10-17(18)22-19(24)14-26-16-8-4-3-5-9-16/h3-11,15H,12-14,21H2,1-2H3. The van der Waals surface area contributed by atoms with Crippen LogP contribution in [-0.2, 0) is 17.9 Å². The molecular weight excluding hydrogens is 328 g/mol.